The zero-order valence-electron chi connectivity index (χ0n) is 9.80. The molecule has 1 aliphatic rings. The highest BCUT2D eigenvalue weighted by Crippen LogP contribution is 2.41. The van der Waals surface area contributed by atoms with E-state index >= 15 is 0 Å². The average molecular weight is 261 g/mol. The molecule has 18 heavy (non-hydrogen) atoms. The Morgan fingerprint density at radius 3 is 2.67 bits per heavy atom. The minimum Gasteiger partial charge on any atom is -0.324 e. The summed E-state index contributed by atoms with van der Waals surface area (Å²) in [7, 11) is 0. The molecule has 1 saturated carbocycles. The molecule has 0 bridgehead atoms. The van der Waals surface area contributed by atoms with E-state index < -0.39 is 29.5 Å². The SMILES string of the molecule is NC(c1cccc(F)c1F)C1CCCC(F)(F)C1. The third-order valence-electron chi connectivity index (χ3n) is 3.53. The lowest BCUT2D eigenvalue weighted by molar-refractivity contribution is -0.0565. The first-order valence-corrected chi connectivity index (χ1v) is 5.98. The van der Waals surface area contributed by atoms with E-state index in [9.17, 15) is 17.6 Å². The van der Waals surface area contributed by atoms with Crippen molar-refractivity contribution in [1.82, 2.24) is 0 Å². The summed E-state index contributed by atoms with van der Waals surface area (Å²) in [4.78, 5) is 0. The molecule has 100 valence electrons. The largest absolute Gasteiger partial charge is 0.324 e. The van der Waals surface area contributed by atoms with Crippen LogP contribution >= 0.6 is 0 Å². The minimum absolute atomic E-state index is 0.0160. The highest BCUT2D eigenvalue weighted by molar-refractivity contribution is 5.23. The molecule has 1 aliphatic carbocycles. The van der Waals surface area contributed by atoms with Gasteiger partial charge in [-0.25, -0.2) is 17.6 Å². The topological polar surface area (TPSA) is 26.0 Å². The van der Waals surface area contributed by atoms with Crippen LogP contribution in [0.15, 0.2) is 18.2 Å². The summed E-state index contributed by atoms with van der Waals surface area (Å²) in [5, 5.41) is 0. The maximum absolute atomic E-state index is 13.6. The van der Waals surface area contributed by atoms with Crippen LogP contribution in [0.25, 0.3) is 0 Å². The first kappa shape index (κ1) is 13.3. The van der Waals surface area contributed by atoms with Crippen LogP contribution in [-0.2, 0) is 0 Å². The van der Waals surface area contributed by atoms with Crippen LogP contribution in [0, 0.1) is 17.6 Å². The average Bonchev–Trinajstić information content (AvgIpc) is 2.30. The standard InChI is InChI=1S/C13H15F4N/c14-10-5-1-4-9(11(10)15)12(18)8-3-2-6-13(16,17)7-8/h1,4-5,8,12H,2-3,6-7,18H2. The van der Waals surface area contributed by atoms with Gasteiger partial charge in [-0.3, -0.25) is 0 Å². The highest BCUT2D eigenvalue weighted by atomic mass is 19.3. The van der Waals surface area contributed by atoms with Crippen LogP contribution in [0.1, 0.15) is 37.3 Å². The fourth-order valence-corrected chi connectivity index (χ4v) is 2.55. The molecular formula is C13H15F4N. The Morgan fingerprint density at radius 2 is 2.00 bits per heavy atom. The van der Waals surface area contributed by atoms with Gasteiger partial charge in [0, 0.05) is 24.4 Å². The highest BCUT2D eigenvalue weighted by Gasteiger charge is 2.39. The Morgan fingerprint density at radius 1 is 1.28 bits per heavy atom. The molecular weight excluding hydrogens is 246 g/mol. The van der Waals surface area contributed by atoms with Crippen LogP contribution in [0.5, 0.6) is 0 Å². The van der Waals surface area contributed by atoms with E-state index in [0.29, 0.717) is 12.8 Å². The van der Waals surface area contributed by atoms with Crippen LogP contribution in [0.3, 0.4) is 0 Å². The Balaban J connectivity index is 2.20. The first-order chi connectivity index (χ1) is 8.41. The second kappa shape index (κ2) is 4.88. The Hall–Kier alpha value is -1.10. The number of hydrogen-bond acceptors (Lipinski definition) is 1. The number of hydrogen-bond donors (Lipinski definition) is 1. The second-order valence-electron chi connectivity index (χ2n) is 4.88. The van der Waals surface area contributed by atoms with Crippen molar-refractivity contribution in [2.24, 2.45) is 11.7 Å². The van der Waals surface area contributed by atoms with Crippen molar-refractivity contribution >= 4 is 0 Å². The van der Waals surface area contributed by atoms with Crippen LogP contribution in [0.4, 0.5) is 17.6 Å². The molecule has 1 fully saturated rings. The van der Waals surface area contributed by atoms with Crippen molar-refractivity contribution in [3.8, 4) is 0 Å². The fourth-order valence-electron chi connectivity index (χ4n) is 2.55. The molecule has 2 rings (SSSR count). The number of halogens is 4. The van der Waals surface area contributed by atoms with E-state index in [4.69, 9.17) is 5.73 Å². The van der Waals surface area contributed by atoms with E-state index in [1.807, 2.05) is 0 Å². The van der Waals surface area contributed by atoms with E-state index in [-0.39, 0.29) is 18.4 Å². The lowest BCUT2D eigenvalue weighted by atomic mass is 9.79. The summed E-state index contributed by atoms with van der Waals surface area (Å²) in [5.41, 5.74) is 5.80. The lowest BCUT2D eigenvalue weighted by Crippen LogP contribution is -2.33. The molecule has 2 unspecified atom stereocenters. The van der Waals surface area contributed by atoms with Crippen molar-refractivity contribution in [2.75, 3.05) is 0 Å². The van der Waals surface area contributed by atoms with Crippen LogP contribution < -0.4 is 5.73 Å². The number of nitrogens with two attached hydrogens (primary N) is 1. The van der Waals surface area contributed by atoms with Crippen molar-refractivity contribution in [1.29, 1.82) is 0 Å². The maximum Gasteiger partial charge on any atom is 0.248 e. The van der Waals surface area contributed by atoms with Crippen LogP contribution in [0.2, 0.25) is 0 Å². The van der Waals surface area contributed by atoms with E-state index in [1.54, 1.807) is 0 Å². The molecule has 0 spiro atoms. The molecule has 0 heterocycles. The van der Waals surface area contributed by atoms with Crippen molar-refractivity contribution < 1.29 is 17.6 Å². The van der Waals surface area contributed by atoms with E-state index in [1.165, 1.54) is 12.1 Å². The summed E-state index contributed by atoms with van der Waals surface area (Å²) >= 11 is 0. The molecule has 1 aromatic carbocycles. The van der Waals surface area contributed by atoms with Gasteiger partial charge < -0.3 is 5.73 Å². The van der Waals surface area contributed by atoms with Gasteiger partial charge in [0.25, 0.3) is 0 Å². The predicted molar refractivity (Wildman–Crippen MR) is 60.2 cm³/mol. The molecule has 5 heteroatoms. The molecule has 0 amide bonds. The third-order valence-corrected chi connectivity index (χ3v) is 3.53. The number of benzene rings is 1. The Labute approximate surface area is 103 Å². The van der Waals surface area contributed by atoms with Gasteiger partial charge in [-0.1, -0.05) is 12.1 Å². The number of alkyl halides is 2. The summed E-state index contributed by atoms with van der Waals surface area (Å²) in [5.74, 6) is -5.28. The Bertz CT molecular complexity index is 433. The van der Waals surface area contributed by atoms with Gasteiger partial charge in [0.05, 0.1) is 0 Å². The summed E-state index contributed by atoms with van der Waals surface area (Å²) in [6, 6.07) is 2.80. The quantitative estimate of drug-likeness (QED) is 0.805. The molecule has 0 aromatic heterocycles. The zero-order chi connectivity index (χ0) is 13.3. The van der Waals surface area contributed by atoms with Gasteiger partial charge in [0.1, 0.15) is 0 Å². The van der Waals surface area contributed by atoms with Gasteiger partial charge in [-0.15, -0.1) is 0 Å². The summed E-state index contributed by atoms with van der Waals surface area (Å²) in [6.07, 6.45) is 0.376. The zero-order valence-corrected chi connectivity index (χ0v) is 9.80. The normalized spacial score (nSPS) is 24.8. The van der Waals surface area contributed by atoms with Gasteiger partial charge in [-0.2, -0.15) is 0 Å². The fraction of sp³-hybridized carbons (Fsp3) is 0.538. The molecule has 1 aromatic rings. The number of rotatable bonds is 2. The van der Waals surface area contributed by atoms with E-state index in [2.05, 4.69) is 0 Å². The molecule has 2 N–H and O–H groups in total. The maximum atomic E-state index is 13.6. The van der Waals surface area contributed by atoms with Crippen molar-refractivity contribution in [3.63, 3.8) is 0 Å². The monoisotopic (exact) mass is 261 g/mol. The molecule has 1 nitrogen and oxygen atoms in total. The second-order valence-corrected chi connectivity index (χ2v) is 4.88. The Kier molecular flexibility index (Phi) is 3.61. The van der Waals surface area contributed by atoms with Crippen molar-refractivity contribution in [3.05, 3.63) is 35.4 Å². The van der Waals surface area contributed by atoms with E-state index in [0.717, 1.165) is 6.07 Å². The van der Waals surface area contributed by atoms with Crippen molar-refractivity contribution in [2.45, 2.75) is 37.6 Å². The molecule has 0 radical (unpaired) electrons. The minimum atomic E-state index is -2.75. The summed E-state index contributed by atoms with van der Waals surface area (Å²) in [6.45, 7) is 0. The van der Waals surface area contributed by atoms with Gasteiger partial charge >= 0.3 is 0 Å². The predicted octanol–water partition coefficient (Wildman–Crippen LogP) is 3.79. The molecule has 0 aliphatic heterocycles. The third kappa shape index (κ3) is 2.66. The first-order valence-electron chi connectivity index (χ1n) is 5.98. The summed E-state index contributed by atoms with van der Waals surface area (Å²) < 4.78 is 53.2. The van der Waals surface area contributed by atoms with Gasteiger partial charge in [0.2, 0.25) is 5.92 Å². The van der Waals surface area contributed by atoms with Gasteiger partial charge in [-0.05, 0) is 24.8 Å². The lowest BCUT2D eigenvalue weighted by Gasteiger charge is -2.32. The smallest absolute Gasteiger partial charge is 0.248 e. The van der Waals surface area contributed by atoms with Crippen LogP contribution in [-0.4, -0.2) is 5.92 Å². The van der Waals surface area contributed by atoms with Gasteiger partial charge in [0.15, 0.2) is 11.6 Å². The molecule has 0 saturated heterocycles. The molecule has 2 atom stereocenters.